The van der Waals surface area contributed by atoms with Gasteiger partial charge in [-0.25, -0.2) is 23.1 Å². The van der Waals surface area contributed by atoms with E-state index in [1.807, 2.05) is 0 Å². The number of anilines is 1. The van der Waals surface area contributed by atoms with Gasteiger partial charge in [0.2, 0.25) is 6.23 Å². The highest BCUT2D eigenvalue weighted by atomic mass is 31.2. The second-order valence-electron chi connectivity index (χ2n) is 9.65. The van der Waals surface area contributed by atoms with Gasteiger partial charge in [-0.1, -0.05) is 32.0 Å². The lowest BCUT2D eigenvalue weighted by atomic mass is 9.73. The Bertz CT molecular complexity index is 1170. The van der Waals surface area contributed by atoms with E-state index >= 15 is 8.78 Å². The molecule has 15 heteroatoms. The van der Waals surface area contributed by atoms with Crippen LogP contribution in [-0.4, -0.2) is 59.0 Å². The number of aromatic nitrogens is 2. The van der Waals surface area contributed by atoms with Gasteiger partial charge in [-0.3, -0.25) is 9.36 Å². The van der Waals surface area contributed by atoms with Crippen molar-refractivity contribution in [3.05, 3.63) is 52.8 Å². The van der Waals surface area contributed by atoms with Crippen LogP contribution in [0.5, 0.6) is 5.75 Å². The van der Waals surface area contributed by atoms with E-state index in [0.29, 0.717) is 11.9 Å². The van der Waals surface area contributed by atoms with E-state index in [1.54, 1.807) is 44.2 Å². The van der Waals surface area contributed by atoms with Crippen molar-refractivity contribution in [3.63, 3.8) is 0 Å². The predicted molar refractivity (Wildman–Crippen MR) is 142 cm³/mol. The van der Waals surface area contributed by atoms with Crippen molar-refractivity contribution in [1.29, 1.82) is 0 Å². The summed E-state index contributed by atoms with van der Waals surface area (Å²) >= 11 is 0. The molecule has 0 amide bonds. The Morgan fingerprint density at radius 2 is 1.85 bits per heavy atom. The number of methoxy groups -OCH3 is 1. The molecule has 0 aliphatic heterocycles. The highest BCUT2D eigenvalue weighted by molar-refractivity contribution is 7.45. The molecule has 1 aromatic heterocycles. The van der Waals surface area contributed by atoms with Crippen molar-refractivity contribution in [3.8, 4) is 5.75 Å². The third kappa shape index (κ3) is 7.91. The molecule has 0 saturated heterocycles. The van der Waals surface area contributed by atoms with Crippen molar-refractivity contribution in [2.45, 2.75) is 58.9 Å². The Kier molecular flexibility index (Phi) is 11.9. The number of alkyl halides is 2. The van der Waals surface area contributed by atoms with Crippen LogP contribution in [0.25, 0.3) is 0 Å². The maximum absolute atomic E-state index is 16.0. The average Bonchev–Trinajstić information content (AvgIpc) is 2.89. The number of hydrogen-bond acceptors (Lipinski definition) is 10. The Labute approximate surface area is 231 Å². The molecule has 0 radical (unpaired) electrons. The summed E-state index contributed by atoms with van der Waals surface area (Å²) in [6, 6.07) is 7.63. The number of nitrogen functional groups attached to an aromatic ring is 1. The van der Waals surface area contributed by atoms with Gasteiger partial charge in [0.1, 0.15) is 11.8 Å². The number of halogens is 3. The van der Waals surface area contributed by atoms with E-state index in [9.17, 15) is 19.1 Å². The van der Waals surface area contributed by atoms with Crippen LogP contribution in [-0.2, 0) is 18.8 Å². The molecule has 40 heavy (non-hydrogen) atoms. The van der Waals surface area contributed by atoms with Crippen LogP contribution in [0.4, 0.5) is 19.0 Å². The zero-order chi connectivity index (χ0) is 30.3. The first-order valence-electron chi connectivity index (χ1n) is 12.4. The average molecular weight is 593 g/mol. The van der Waals surface area contributed by atoms with Crippen LogP contribution >= 0.6 is 8.53 Å². The molecule has 4 N–H and O–H groups in total. The Morgan fingerprint density at radius 3 is 2.40 bits per heavy atom. The zero-order valence-corrected chi connectivity index (χ0v) is 24.0. The van der Waals surface area contributed by atoms with Crippen LogP contribution in [0, 0.1) is 17.2 Å². The molecule has 0 aliphatic rings. The van der Waals surface area contributed by atoms with Crippen LogP contribution in [0.2, 0.25) is 0 Å². The molecule has 2 aromatic rings. The molecule has 0 bridgehead atoms. The number of carbonyl (C=O) groups excluding carboxylic acids is 1. The van der Waals surface area contributed by atoms with Crippen molar-refractivity contribution in [2.75, 3.05) is 26.1 Å². The Morgan fingerprint density at radius 1 is 1.23 bits per heavy atom. The number of ether oxygens (including phenoxy) is 2. The van der Waals surface area contributed by atoms with E-state index in [1.165, 1.54) is 13.8 Å². The summed E-state index contributed by atoms with van der Waals surface area (Å²) in [7, 11) is -1.16. The highest BCUT2D eigenvalue weighted by Crippen LogP contribution is 2.50. The second kappa shape index (κ2) is 14.2. The topological polar surface area (TPSA) is 147 Å². The lowest BCUT2D eigenvalue weighted by molar-refractivity contribution is -0.251. The lowest BCUT2D eigenvalue weighted by Crippen LogP contribution is -2.54. The first-order chi connectivity index (χ1) is 18.7. The minimum Gasteiger partial charge on any atom is -0.462 e. The van der Waals surface area contributed by atoms with Crippen LogP contribution in [0.3, 0.4) is 0 Å². The SMILES string of the molecule is COC(n1cc(F)c(N)nc1=O)C(F)(F)C(C)(CO)C(C)COP(NC(C)C(=O)OC(C)C)Oc1ccccc1. The number of esters is 1. The maximum Gasteiger partial charge on any atom is 0.352 e. The normalized spacial score (nSPS) is 16.6. The molecule has 0 aliphatic carbocycles. The Hall–Kier alpha value is -2.77. The minimum atomic E-state index is -3.96. The number of para-hydroxylation sites is 1. The first kappa shape index (κ1) is 33.4. The van der Waals surface area contributed by atoms with E-state index in [4.69, 9.17) is 24.3 Å². The molecule has 1 aromatic carbocycles. The summed E-state index contributed by atoms with van der Waals surface area (Å²) in [5, 5.41) is 13.0. The van der Waals surface area contributed by atoms with Crippen molar-refractivity contribution in [2.24, 2.45) is 11.3 Å². The lowest BCUT2D eigenvalue weighted by Gasteiger charge is -2.43. The summed E-state index contributed by atoms with van der Waals surface area (Å²) in [6.45, 7) is 5.95. The second-order valence-corrected chi connectivity index (χ2v) is 10.9. The van der Waals surface area contributed by atoms with Crippen molar-refractivity contribution >= 4 is 20.3 Å². The molecule has 0 spiro atoms. The van der Waals surface area contributed by atoms with Gasteiger partial charge in [0, 0.05) is 7.11 Å². The van der Waals surface area contributed by atoms with E-state index in [0.717, 1.165) is 14.0 Å². The molecular weight excluding hydrogens is 556 g/mol. The van der Waals surface area contributed by atoms with Gasteiger partial charge in [0.05, 0.1) is 30.9 Å². The molecule has 5 unspecified atom stereocenters. The third-order valence-electron chi connectivity index (χ3n) is 6.28. The summed E-state index contributed by atoms with van der Waals surface area (Å²) in [5.74, 6) is -7.18. The number of nitrogens with zero attached hydrogens (tertiary/aromatic N) is 2. The van der Waals surface area contributed by atoms with E-state index in [2.05, 4.69) is 10.1 Å². The number of nitrogens with two attached hydrogens (primary N) is 1. The monoisotopic (exact) mass is 592 g/mol. The molecule has 11 nitrogen and oxygen atoms in total. The van der Waals surface area contributed by atoms with Crippen LogP contribution in [0.1, 0.15) is 40.8 Å². The highest BCUT2D eigenvalue weighted by Gasteiger charge is 2.59. The zero-order valence-electron chi connectivity index (χ0n) is 23.1. The largest absolute Gasteiger partial charge is 0.462 e. The summed E-state index contributed by atoms with van der Waals surface area (Å²) < 4.78 is 68.1. The first-order valence-corrected chi connectivity index (χ1v) is 13.5. The number of aliphatic hydroxyl groups excluding tert-OH is 1. The number of hydrogen-bond donors (Lipinski definition) is 3. The fourth-order valence-corrected chi connectivity index (χ4v) is 4.78. The van der Waals surface area contributed by atoms with Crippen LogP contribution < -0.4 is 21.0 Å². The number of aliphatic hydroxyl groups is 1. The fourth-order valence-electron chi connectivity index (χ4n) is 3.51. The molecule has 224 valence electrons. The van der Waals surface area contributed by atoms with E-state index in [-0.39, 0.29) is 17.3 Å². The standard InChI is InChI=1S/C25H36F3N4O7P/c1-15(2)38-21(34)17(4)31-40(39-18-10-8-7-9-11-18)37-13-16(3)24(5,14-33)25(27,28)22(36-6)32-12-19(26)20(29)30-23(32)35/h7-12,15-17,22,31,33H,13-14H2,1-6H3,(H2,29,30,35). The smallest absolute Gasteiger partial charge is 0.352 e. The quantitative estimate of drug-likeness (QED) is 0.207. The van der Waals surface area contributed by atoms with Crippen LogP contribution in [0.15, 0.2) is 41.3 Å². The molecule has 0 fully saturated rings. The fraction of sp³-hybridized carbons (Fsp3) is 0.560. The predicted octanol–water partition coefficient (Wildman–Crippen LogP) is 3.63. The van der Waals surface area contributed by atoms with Crippen molar-refractivity contribution < 1.29 is 41.6 Å². The maximum atomic E-state index is 16.0. The summed E-state index contributed by atoms with van der Waals surface area (Å²) in [4.78, 5) is 27.8. The molecule has 2 rings (SSSR count). The van der Waals surface area contributed by atoms with Gasteiger partial charge in [-0.05, 0) is 38.8 Å². The molecule has 5 atom stereocenters. The van der Waals surface area contributed by atoms with Gasteiger partial charge in [-0.15, -0.1) is 0 Å². The van der Waals surface area contributed by atoms with Gasteiger partial charge in [0.15, 0.2) is 11.6 Å². The van der Waals surface area contributed by atoms with E-state index < -0.39 is 68.0 Å². The van der Waals surface area contributed by atoms with Crippen molar-refractivity contribution in [1.82, 2.24) is 14.6 Å². The number of rotatable bonds is 15. The number of nitrogens with one attached hydrogen (secondary N) is 1. The minimum absolute atomic E-state index is 0.280. The van der Waals surface area contributed by atoms with Gasteiger partial charge < -0.3 is 29.4 Å². The van der Waals surface area contributed by atoms with Gasteiger partial charge in [-0.2, -0.15) is 4.98 Å². The van der Waals surface area contributed by atoms with Gasteiger partial charge >= 0.3 is 20.2 Å². The number of carbonyl (C=O) groups is 1. The summed E-state index contributed by atoms with van der Waals surface area (Å²) in [5.41, 5.74) is 1.74. The number of benzene rings is 1. The third-order valence-corrected chi connectivity index (χ3v) is 7.63. The molecule has 0 saturated carbocycles. The van der Waals surface area contributed by atoms with Gasteiger partial charge in [0.25, 0.3) is 5.92 Å². The Balaban J connectivity index is 2.31. The molecular formula is C25H36F3N4O7P. The molecule has 1 heterocycles. The summed E-state index contributed by atoms with van der Waals surface area (Å²) in [6.07, 6.45) is -2.23.